The minimum atomic E-state index is -0.151. The zero-order chi connectivity index (χ0) is 21.7. The Labute approximate surface area is 180 Å². The maximum Gasteiger partial charge on any atom is 0.252 e. The molecule has 0 aromatic carbocycles. The van der Waals surface area contributed by atoms with Gasteiger partial charge in [0.1, 0.15) is 11.6 Å². The summed E-state index contributed by atoms with van der Waals surface area (Å²) in [5.41, 5.74) is 10.8. The van der Waals surface area contributed by atoms with Gasteiger partial charge in [-0.15, -0.1) is 0 Å². The van der Waals surface area contributed by atoms with E-state index in [0.29, 0.717) is 23.5 Å². The van der Waals surface area contributed by atoms with E-state index in [1.807, 2.05) is 32.0 Å². The van der Waals surface area contributed by atoms with E-state index in [4.69, 9.17) is 11.0 Å². The van der Waals surface area contributed by atoms with Gasteiger partial charge in [-0.25, -0.2) is 9.97 Å². The van der Waals surface area contributed by atoms with Crippen LogP contribution in [0.1, 0.15) is 25.3 Å². The summed E-state index contributed by atoms with van der Waals surface area (Å²) < 4.78 is 0. The Morgan fingerprint density at radius 2 is 2.03 bits per heavy atom. The first kappa shape index (κ1) is 19.2. The molecule has 3 heterocycles. The third-order valence-electron chi connectivity index (χ3n) is 6.62. The topological polar surface area (TPSA) is 118 Å². The summed E-state index contributed by atoms with van der Waals surface area (Å²) >= 11 is 0. The monoisotopic (exact) mass is 410 g/mol. The Balaban J connectivity index is 1.41. The molecule has 0 radical (unpaired) electrons. The highest BCUT2D eigenvalue weighted by molar-refractivity contribution is 6.04. The van der Waals surface area contributed by atoms with E-state index in [0.717, 1.165) is 51.6 Å². The number of fused-ring (bicyclic) bond motifs is 2. The van der Waals surface area contributed by atoms with Crippen molar-refractivity contribution in [3.8, 4) is 17.3 Å². The van der Waals surface area contributed by atoms with Crippen molar-refractivity contribution in [1.29, 1.82) is 5.26 Å². The lowest BCUT2D eigenvalue weighted by Crippen LogP contribution is -2.15. The van der Waals surface area contributed by atoms with Crippen LogP contribution in [-0.4, -0.2) is 20.9 Å². The molecule has 3 atom stereocenters. The van der Waals surface area contributed by atoms with Gasteiger partial charge in [0.05, 0.1) is 17.7 Å². The summed E-state index contributed by atoms with van der Waals surface area (Å²) in [4.78, 5) is 25.8. The fourth-order valence-corrected chi connectivity index (χ4v) is 4.63. The van der Waals surface area contributed by atoms with Crippen LogP contribution in [0.2, 0.25) is 0 Å². The number of nitrogens with one attached hydrogen (secondary N) is 1. The van der Waals surface area contributed by atoms with Gasteiger partial charge in [-0.05, 0) is 67.7 Å². The van der Waals surface area contributed by atoms with Crippen molar-refractivity contribution < 1.29 is 4.79 Å². The number of carbonyl (C=O) groups is 1. The molecule has 2 saturated carbocycles. The van der Waals surface area contributed by atoms with Gasteiger partial charge in [-0.3, -0.25) is 9.78 Å². The maximum atomic E-state index is 12.8. The molecule has 0 bridgehead atoms. The van der Waals surface area contributed by atoms with Crippen molar-refractivity contribution in [2.75, 3.05) is 11.1 Å². The van der Waals surface area contributed by atoms with E-state index in [1.165, 1.54) is 0 Å². The Morgan fingerprint density at radius 1 is 1.26 bits per heavy atom. The van der Waals surface area contributed by atoms with Gasteiger partial charge < -0.3 is 11.1 Å². The quantitative estimate of drug-likeness (QED) is 0.630. The molecule has 0 spiro atoms. The van der Waals surface area contributed by atoms with Crippen molar-refractivity contribution >= 4 is 28.3 Å². The molecule has 2 aliphatic carbocycles. The first-order valence-electron chi connectivity index (χ1n) is 10.3. The molecule has 31 heavy (non-hydrogen) atoms. The zero-order valence-electron chi connectivity index (χ0n) is 17.4. The molecule has 2 fully saturated rings. The fourth-order valence-electron chi connectivity index (χ4n) is 4.63. The van der Waals surface area contributed by atoms with Gasteiger partial charge in [0.15, 0.2) is 0 Å². The summed E-state index contributed by atoms with van der Waals surface area (Å²) in [5, 5.41) is 13.6. The molecule has 1 amide bonds. The second-order valence-electron chi connectivity index (χ2n) is 8.45. The Bertz CT molecular complexity index is 1290. The molecule has 2 aliphatic rings. The van der Waals surface area contributed by atoms with Gasteiger partial charge >= 0.3 is 0 Å². The highest BCUT2D eigenvalue weighted by Gasteiger charge is 2.55. The number of allylic oxidation sites excluding steroid dienone is 1. The number of amides is 1. The number of nitrogens with two attached hydrogens (primary N) is 1. The standard InChI is InChI=1S/C24H22N6O/c1-12-3-4-27-10-19(12)21-7-15-8-22(28-11-20(15)23(26)29-21)30-24(31)13(2)14-5-16-17(6-14)18(16)9-25/h3-4,7-8,10-11,16-18H,5-6H2,1-2H3,(H2,26,29)(H,28,30,31)/t16-,17+,18?. The van der Waals surface area contributed by atoms with Crippen LogP contribution in [-0.2, 0) is 4.79 Å². The molecule has 3 aromatic rings. The molecule has 7 heteroatoms. The number of nitriles is 1. The average molecular weight is 410 g/mol. The van der Waals surface area contributed by atoms with E-state index in [9.17, 15) is 4.79 Å². The highest BCUT2D eigenvalue weighted by Crippen LogP contribution is 2.59. The number of nitrogens with zero attached hydrogens (tertiary/aromatic N) is 4. The number of carbonyl (C=O) groups excluding carboxylic acids is 1. The molecular formula is C24H22N6O. The Hall–Kier alpha value is -3.79. The number of pyridine rings is 3. The van der Waals surface area contributed by atoms with Crippen molar-refractivity contribution in [1.82, 2.24) is 15.0 Å². The second-order valence-corrected chi connectivity index (χ2v) is 8.45. The fraction of sp³-hybridized carbons (Fsp3) is 0.292. The molecule has 0 saturated heterocycles. The van der Waals surface area contributed by atoms with Gasteiger partial charge in [-0.2, -0.15) is 5.26 Å². The van der Waals surface area contributed by atoms with Gasteiger partial charge in [0, 0.05) is 35.1 Å². The smallest absolute Gasteiger partial charge is 0.252 e. The maximum absolute atomic E-state index is 12.8. The summed E-state index contributed by atoms with van der Waals surface area (Å²) in [6.45, 7) is 3.85. The van der Waals surface area contributed by atoms with Crippen molar-refractivity contribution in [3.63, 3.8) is 0 Å². The molecule has 1 unspecified atom stereocenters. The highest BCUT2D eigenvalue weighted by atomic mass is 16.1. The second kappa shape index (κ2) is 7.17. The number of aryl methyl sites for hydroxylation is 1. The largest absolute Gasteiger partial charge is 0.383 e. The average Bonchev–Trinajstić information content (AvgIpc) is 3.23. The number of hydrogen-bond donors (Lipinski definition) is 2. The van der Waals surface area contributed by atoms with Crippen LogP contribution in [0.5, 0.6) is 0 Å². The van der Waals surface area contributed by atoms with Gasteiger partial charge in [-0.1, -0.05) is 5.57 Å². The molecule has 3 aromatic heterocycles. The third kappa shape index (κ3) is 3.30. The zero-order valence-corrected chi connectivity index (χ0v) is 17.4. The Kier molecular flexibility index (Phi) is 4.44. The lowest BCUT2D eigenvalue weighted by Gasteiger charge is -2.11. The predicted octanol–water partition coefficient (Wildman–Crippen LogP) is 4.02. The van der Waals surface area contributed by atoms with Crippen LogP contribution < -0.4 is 11.1 Å². The van der Waals surface area contributed by atoms with Crippen LogP contribution in [0.15, 0.2) is 47.9 Å². The van der Waals surface area contributed by atoms with Crippen LogP contribution in [0.4, 0.5) is 11.6 Å². The van der Waals surface area contributed by atoms with Crippen LogP contribution in [0.3, 0.4) is 0 Å². The van der Waals surface area contributed by atoms with E-state index >= 15 is 0 Å². The first-order valence-corrected chi connectivity index (χ1v) is 10.3. The third-order valence-corrected chi connectivity index (χ3v) is 6.62. The lowest BCUT2D eigenvalue weighted by atomic mass is 10.0. The molecule has 0 aliphatic heterocycles. The molecule has 3 N–H and O–H groups in total. The van der Waals surface area contributed by atoms with Crippen molar-refractivity contribution in [2.45, 2.75) is 26.7 Å². The molecule has 5 rings (SSSR count). The van der Waals surface area contributed by atoms with Gasteiger partial charge in [0.25, 0.3) is 5.91 Å². The predicted molar refractivity (Wildman–Crippen MR) is 119 cm³/mol. The minimum Gasteiger partial charge on any atom is -0.383 e. The molecule has 7 nitrogen and oxygen atoms in total. The SMILES string of the molecule is CC(C(=O)Nc1cc2cc(-c3cnccc3C)nc(N)c2cn1)=C1C[C@@H]2C(C#N)[C@@H]2C1. The summed E-state index contributed by atoms with van der Waals surface area (Å²) in [7, 11) is 0. The molecule has 154 valence electrons. The van der Waals surface area contributed by atoms with E-state index in [2.05, 4.69) is 26.3 Å². The molecular weight excluding hydrogens is 388 g/mol. The normalized spacial score (nSPS) is 23.2. The Morgan fingerprint density at radius 3 is 2.74 bits per heavy atom. The van der Waals surface area contributed by atoms with Gasteiger partial charge in [0.2, 0.25) is 0 Å². The number of nitrogen functional groups attached to an aromatic ring is 1. The van der Waals surface area contributed by atoms with Crippen molar-refractivity contribution in [3.05, 3.63) is 53.5 Å². The summed E-state index contributed by atoms with van der Waals surface area (Å²) in [5.74, 6) is 1.75. The van der Waals surface area contributed by atoms with Crippen LogP contribution >= 0.6 is 0 Å². The van der Waals surface area contributed by atoms with E-state index < -0.39 is 0 Å². The number of rotatable bonds is 3. The van der Waals surface area contributed by atoms with Crippen LogP contribution in [0.25, 0.3) is 22.0 Å². The number of aromatic nitrogens is 3. The number of anilines is 2. The van der Waals surface area contributed by atoms with E-state index in [1.54, 1.807) is 18.6 Å². The summed E-state index contributed by atoms with van der Waals surface area (Å²) in [6.07, 6.45) is 6.85. The summed E-state index contributed by atoms with van der Waals surface area (Å²) in [6, 6.07) is 8.04. The van der Waals surface area contributed by atoms with Crippen molar-refractivity contribution in [2.24, 2.45) is 17.8 Å². The minimum absolute atomic E-state index is 0.151. The van der Waals surface area contributed by atoms with Crippen LogP contribution in [0, 0.1) is 36.0 Å². The lowest BCUT2D eigenvalue weighted by molar-refractivity contribution is -0.112. The first-order chi connectivity index (χ1) is 15.0. The number of hydrogen-bond acceptors (Lipinski definition) is 6. The van der Waals surface area contributed by atoms with E-state index in [-0.39, 0.29) is 11.8 Å².